The zero-order valence-electron chi connectivity index (χ0n) is 7.64. The minimum atomic E-state index is -0.896. The molecule has 0 bridgehead atoms. The summed E-state index contributed by atoms with van der Waals surface area (Å²) in [4.78, 5) is 4.40. The van der Waals surface area contributed by atoms with Crippen LogP contribution in [0.1, 0.15) is 6.42 Å². The highest BCUT2D eigenvalue weighted by Crippen LogP contribution is 2.24. The highest BCUT2D eigenvalue weighted by atomic mass is 32.2. The van der Waals surface area contributed by atoms with Gasteiger partial charge in [-0.05, 0) is 12.1 Å². The summed E-state index contributed by atoms with van der Waals surface area (Å²) in [5.74, 6) is 0.753. The maximum absolute atomic E-state index is 11.7. The van der Waals surface area contributed by atoms with Gasteiger partial charge in [0.15, 0.2) is 0 Å². The van der Waals surface area contributed by atoms with E-state index in [1.165, 1.54) is 0 Å². The fraction of sp³-hybridized carbons (Fsp3) is 0.300. The molecule has 14 heavy (non-hydrogen) atoms. The van der Waals surface area contributed by atoms with Gasteiger partial charge in [0.05, 0.1) is 11.0 Å². The van der Waals surface area contributed by atoms with Crippen molar-refractivity contribution in [1.82, 2.24) is 9.55 Å². The molecule has 72 valence electrons. The molecule has 0 N–H and O–H groups in total. The molecule has 1 unspecified atom stereocenters. The zero-order chi connectivity index (χ0) is 9.54. The molecule has 1 atom stereocenters. The van der Waals surface area contributed by atoms with Crippen molar-refractivity contribution in [3.05, 3.63) is 24.3 Å². The van der Waals surface area contributed by atoms with Crippen LogP contribution in [0.25, 0.3) is 11.0 Å². The van der Waals surface area contributed by atoms with Gasteiger partial charge < -0.3 is 4.55 Å². The summed E-state index contributed by atoms with van der Waals surface area (Å²) in [5, 5.41) is 0.748. The Hall–Kier alpha value is -1.00. The Morgan fingerprint density at radius 2 is 2.21 bits per heavy atom. The second kappa shape index (κ2) is 3.00. The summed E-state index contributed by atoms with van der Waals surface area (Å²) in [6.45, 7) is 0.946. The van der Waals surface area contributed by atoms with E-state index in [0.717, 1.165) is 34.9 Å². The van der Waals surface area contributed by atoms with Crippen LogP contribution < -0.4 is 0 Å². The lowest BCUT2D eigenvalue weighted by atomic mass is 10.3. The molecule has 0 saturated heterocycles. The van der Waals surface area contributed by atoms with Crippen LogP contribution in [0.4, 0.5) is 0 Å². The lowest BCUT2D eigenvalue weighted by Gasteiger charge is -2.16. The van der Waals surface area contributed by atoms with Crippen molar-refractivity contribution in [3.8, 4) is 0 Å². The highest BCUT2D eigenvalue weighted by molar-refractivity contribution is 7.91. The number of nitrogens with zero attached hydrogens (tertiary/aromatic N) is 2. The summed E-state index contributed by atoms with van der Waals surface area (Å²) < 4.78 is 13.8. The molecule has 3 nitrogen and oxygen atoms in total. The van der Waals surface area contributed by atoms with Crippen molar-refractivity contribution in [2.75, 3.05) is 5.75 Å². The molecule has 1 aromatic heterocycles. The lowest BCUT2D eigenvalue weighted by molar-refractivity contribution is 0.534. The average Bonchev–Trinajstić information content (AvgIpc) is 2.59. The average molecular weight is 206 g/mol. The number of fused-ring (bicyclic) bond motifs is 3. The molecule has 0 spiro atoms. The Balaban J connectivity index is 2.32. The minimum Gasteiger partial charge on any atom is -0.609 e. The smallest absolute Gasteiger partial charge is 0.324 e. The predicted octanol–water partition coefficient (Wildman–Crippen LogP) is 1.55. The number of hydrogen-bond acceptors (Lipinski definition) is 2. The number of aromatic nitrogens is 2. The highest BCUT2D eigenvalue weighted by Gasteiger charge is 2.25. The van der Waals surface area contributed by atoms with Gasteiger partial charge in [0, 0.05) is 24.1 Å². The molecule has 3 rings (SSSR count). The van der Waals surface area contributed by atoms with E-state index < -0.39 is 11.2 Å². The first-order valence-electron chi connectivity index (χ1n) is 4.70. The second-order valence-corrected chi connectivity index (χ2v) is 4.90. The second-order valence-electron chi connectivity index (χ2n) is 3.44. The minimum absolute atomic E-state index is 0.748. The third kappa shape index (κ3) is 1.07. The Morgan fingerprint density at radius 3 is 3.14 bits per heavy atom. The van der Waals surface area contributed by atoms with Crippen LogP contribution in [-0.2, 0) is 17.7 Å². The maximum atomic E-state index is 11.7. The van der Waals surface area contributed by atoms with Gasteiger partial charge in [-0.1, -0.05) is 12.1 Å². The van der Waals surface area contributed by atoms with Crippen LogP contribution in [0.2, 0.25) is 0 Å². The number of aryl methyl sites for hydroxylation is 1. The number of benzene rings is 1. The summed E-state index contributed by atoms with van der Waals surface area (Å²) in [6.07, 6.45) is 0.986. The van der Waals surface area contributed by atoms with Crippen LogP contribution in [0.15, 0.2) is 29.4 Å². The van der Waals surface area contributed by atoms with E-state index in [9.17, 15) is 4.55 Å². The van der Waals surface area contributed by atoms with E-state index >= 15 is 0 Å². The van der Waals surface area contributed by atoms with Crippen LogP contribution >= 0.6 is 0 Å². The van der Waals surface area contributed by atoms with E-state index in [1.807, 2.05) is 24.3 Å². The van der Waals surface area contributed by atoms with Crippen molar-refractivity contribution in [2.24, 2.45) is 0 Å². The topological polar surface area (TPSA) is 40.9 Å². The SMILES string of the molecule is [O-][S+]1CCCn2c1nc1ccccc12. The van der Waals surface area contributed by atoms with Gasteiger partial charge >= 0.3 is 5.16 Å². The summed E-state index contributed by atoms with van der Waals surface area (Å²) in [5.41, 5.74) is 2.06. The maximum Gasteiger partial charge on any atom is 0.324 e. The van der Waals surface area contributed by atoms with Crippen molar-refractivity contribution in [2.45, 2.75) is 18.1 Å². The van der Waals surface area contributed by atoms with Gasteiger partial charge in [0.2, 0.25) is 0 Å². The number of para-hydroxylation sites is 2. The Kier molecular flexibility index (Phi) is 1.78. The molecule has 1 aliphatic heterocycles. The first-order valence-corrected chi connectivity index (χ1v) is 6.02. The van der Waals surface area contributed by atoms with E-state index in [0.29, 0.717) is 0 Å². The van der Waals surface area contributed by atoms with Gasteiger partial charge in [-0.15, -0.1) is 0 Å². The largest absolute Gasteiger partial charge is 0.609 e. The van der Waals surface area contributed by atoms with Crippen LogP contribution in [0.5, 0.6) is 0 Å². The third-order valence-corrected chi connectivity index (χ3v) is 3.91. The zero-order valence-corrected chi connectivity index (χ0v) is 8.46. The number of imidazole rings is 1. The van der Waals surface area contributed by atoms with Crippen molar-refractivity contribution in [1.29, 1.82) is 0 Å². The lowest BCUT2D eigenvalue weighted by Crippen LogP contribution is -2.21. The van der Waals surface area contributed by atoms with Gasteiger partial charge in [-0.25, -0.2) is 0 Å². The first-order chi connectivity index (χ1) is 6.86. The molecule has 4 heteroatoms. The normalized spacial score (nSPS) is 21.1. The fourth-order valence-electron chi connectivity index (χ4n) is 1.89. The van der Waals surface area contributed by atoms with Gasteiger partial charge in [0.1, 0.15) is 5.75 Å². The molecule has 0 radical (unpaired) electrons. The van der Waals surface area contributed by atoms with Gasteiger partial charge in [-0.2, -0.15) is 4.98 Å². The van der Waals surface area contributed by atoms with E-state index in [1.54, 1.807) is 0 Å². The number of rotatable bonds is 0. The standard InChI is InChI=1S/C10H10N2OS/c13-14-7-3-6-12-9-5-2-1-4-8(9)11-10(12)14/h1-2,4-5H,3,6-7H2. The van der Waals surface area contributed by atoms with Gasteiger partial charge in [-0.3, -0.25) is 4.57 Å². The van der Waals surface area contributed by atoms with Gasteiger partial charge in [0.25, 0.3) is 0 Å². The molecule has 1 aromatic carbocycles. The molecule has 0 aliphatic carbocycles. The van der Waals surface area contributed by atoms with Crippen LogP contribution in [0.3, 0.4) is 0 Å². The molecule has 1 aliphatic rings. The van der Waals surface area contributed by atoms with Crippen molar-refractivity contribution in [3.63, 3.8) is 0 Å². The quantitative estimate of drug-likeness (QED) is 0.614. The van der Waals surface area contributed by atoms with E-state index in [4.69, 9.17) is 0 Å². The molecule has 2 aromatic rings. The monoisotopic (exact) mass is 206 g/mol. The van der Waals surface area contributed by atoms with E-state index in [-0.39, 0.29) is 0 Å². The Morgan fingerprint density at radius 1 is 1.36 bits per heavy atom. The van der Waals surface area contributed by atoms with Crippen LogP contribution in [-0.4, -0.2) is 19.9 Å². The Labute approximate surface area is 84.9 Å². The molecular formula is C10H10N2OS. The van der Waals surface area contributed by atoms with E-state index in [2.05, 4.69) is 9.55 Å². The molecule has 0 fully saturated rings. The Bertz CT molecular complexity index is 480. The number of hydrogen-bond donors (Lipinski definition) is 0. The van der Waals surface area contributed by atoms with Crippen LogP contribution in [0, 0.1) is 0 Å². The summed E-state index contributed by atoms with van der Waals surface area (Å²) in [7, 11) is 0. The third-order valence-electron chi connectivity index (χ3n) is 2.53. The first kappa shape index (κ1) is 8.32. The fourth-order valence-corrected chi connectivity index (χ4v) is 3.10. The summed E-state index contributed by atoms with van der Waals surface area (Å²) in [6, 6.07) is 7.96. The summed E-state index contributed by atoms with van der Waals surface area (Å²) >= 11 is -0.896. The molecule has 2 heterocycles. The molecule has 0 amide bonds. The van der Waals surface area contributed by atoms with Crippen molar-refractivity contribution >= 4 is 22.2 Å². The predicted molar refractivity (Wildman–Crippen MR) is 55.6 cm³/mol. The molecule has 0 saturated carbocycles. The molecular weight excluding hydrogens is 196 g/mol. The van der Waals surface area contributed by atoms with Crippen molar-refractivity contribution < 1.29 is 4.55 Å².